The Hall–Kier alpha value is -2.46. The average Bonchev–Trinajstić information content (AvgIpc) is 2.53. The summed E-state index contributed by atoms with van der Waals surface area (Å²) in [5.74, 6) is -0.522. The predicted molar refractivity (Wildman–Crippen MR) is 82.5 cm³/mol. The highest BCUT2D eigenvalue weighted by Gasteiger charge is 2.29. The third-order valence-electron chi connectivity index (χ3n) is 3.80. The lowest BCUT2D eigenvalue weighted by atomic mass is 9.95. The van der Waals surface area contributed by atoms with E-state index in [-0.39, 0.29) is 38.0 Å². The van der Waals surface area contributed by atoms with Crippen LogP contribution in [0.15, 0.2) is 15.8 Å². The van der Waals surface area contributed by atoms with Gasteiger partial charge in [0.2, 0.25) is 5.91 Å². The lowest BCUT2D eigenvalue weighted by Gasteiger charge is -2.35. The molecule has 1 aliphatic heterocycles. The summed E-state index contributed by atoms with van der Waals surface area (Å²) in [6.45, 7) is 1.57. The van der Waals surface area contributed by atoms with Gasteiger partial charge in [-0.05, 0) is 13.3 Å². The van der Waals surface area contributed by atoms with Crippen molar-refractivity contribution >= 4 is 12.4 Å². The highest BCUT2D eigenvalue weighted by molar-refractivity contribution is 5.76. The minimum Gasteiger partial charge on any atom is -0.483 e. The van der Waals surface area contributed by atoms with Gasteiger partial charge in [0.15, 0.2) is 0 Å². The highest BCUT2D eigenvalue weighted by atomic mass is 16.3. The first-order valence-electron chi connectivity index (χ1n) is 7.29. The molecule has 1 fully saturated rings. The maximum Gasteiger partial charge on any atom is 0.328 e. The number of aromatic nitrogens is 2. The van der Waals surface area contributed by atoms with Crippen LogP contribution in [0.5, 0.6) is 0 Å². The number of aliphatic hydroxyl groups is 2. The molecule has 0 saturated carbocycles. The summed E-state index contributed by atoms with van der Waals surface area (Å²) in [5.41, 5.74) is -0.756. The van der Waals surface area contributed by atoms with Gasteiger partial charge in [-0.15, -0.1) is 0 Å². The van der Waals surface area contributed by atoms with Gasteiger partial charge in [0, 0.05) is 37.4 Å². The number of piperidine rings is 1. The van der Waals surface area contributed by atoms with Crippen molar-refractivity contribution in [3.05, 3.63) is 32.6 Å². The molecule has 0 bridgehead atoms. The molecule has 0 aromatic carbocycles. The molecule has 134 valence electrons. The molecule has 1 aromatic rings. The van der Waals surface area contributed by atoms with Crippen LogP contribution in [0.1, 0.15) is 12.0 Å². The second kappa shape index (κ2) is 8.99. The van der Waals surface area contributed by atoms with E-state index in [0.29, 0.717) is 18.5 Å². The van der Waals surface area contributed by atoms with Gasteiger partial charge in [0.1, 0.15) is 6.54 Å². The maximum absolute atomic E-state index is 12.2. The van der Waals surface area contributed by atoms with Crippen molar-refractivity contribution in [3.8, 4) is 0 Å². The second-order valence-corrected chi connectivity index (χ2v) is 5.44. The number of rotatable bonds is 3. The number of likely N-dealkylation sites (tertiary alicyclic amines) is 1. The van der Waals surface area contributed by atoms with Crippen LogP contribution in [-0.2, 0) is 16.1 Å². The van der Waals surface area contributed by atoms with Gasteiger partial charge in [0.05, 0.1) is 6.10 Å². The maximum atomic E-state index is 12.2. The van der Waals surface area contributed by atoms with Gasteiger partial charge in [0.25, 0.3) is 12.0 Å². The van der Waals surface area contributed by atoms with Crippen molar-refractivity contribution in [1.29, 1.82) is 0 Å². The lowest BCUT2D eigenvalue weighted by Crippen LogP contribution is -2.49. The molecule has 24 heavy (non-hydrogen) atoms. The molecule has 2 rings (SSSR count). The number of aromatic amines is 1. The molecule has 0 unspecified atom stereocenters. The van der Waals surface area contributed by atoms with Crippen LogP contribution >= 0.6 is 0 Å². The first kappa shape index (κ1) is 19.6. The molecule has 10 nitrogen and oxygen atoms in total. The van der Waals surface area contributed by atoms with Crippen LogP contribution in [0.4, 0.5) is 0 Å². The van der Waals surface area contributed by atoms with Gasteiger partial charge in [-0.1, -0.05) is 0 Å². The topological polar surface area (TPSA) is 153 Å². The Labute approximate surface area is 137 Å². The van der Waals surface area contributed by atoms with Crippen LogP contribution in [0, 0.1) is 12.8 Å². The Morgan fingerprint density at radius 2 is 2.08 bits per heavy atom. The Morgan fingerprint density at radius 3 is 2.62 bits per heavy atom. The van der Waals surface area contributed by atoms with Gasteiger partial charge in [-0.3, -0.25) is 23.9 Å². The average molecular weight is 343 g/mol. The molecule has 0 spiro atoms. The number of nitrogens with one attached hydrogen (secondary N) is 1. The van der Waals surface area contributed by atoms with E-state index in [0.717, 1.165) is 4.57 Å². The standard InChI is InChI=1S/C13H19N3O5.CH2O2/c1-8-4-16(13(21)14-12(8)20)6-11(19)15-3-2-9(7-17)10(18)5-15;2-1-3/h4,9-10,17-18H,2-3,5-7H2,1H3,(H,14,20,21);1H,(H,2,3)/t9-,10+;/m1./s1. The third-order valence-corrected chi connectivity index (χ3v) is 3.80. The lowest BCUT2D eigenvalue weighted by molar-refractivity contribution is -0.137. The van der Waals surface area contributed by atoms with Gasteiger partial charge in [-0.2, -0.15) is 0 Å². The van der Waals surface area contributed by atoms with Crippen molar-refractivity contribution < 1.29 is 24.9 Å². The van der Waals surface area contributed by atoms with Crippen molar-refractivity contribution in [3.63, 3.8) is 0 Å². The molecule has 0 aliphatic carbocycles. The molecular weight excluding hydrogens is 322 g/mol. The number of hydrogen-bond acceptors (Lipinski definition) is 6. The number of carbonyl (C=O) groups excluding carboxylic acids is 1. The van der Waals surface area contributed by atoms with Crippen LogP contribution in [0.3, 0.4) is 0 Å². The molecule has 2 heterocycles. The minimum absolute atomic E-state index is 0.109. The van der Waals surface area contributed by atoms with E-state index >= 15 is 0 Å². The van der Waals surface area contributed by atoms with E-state index in [9.17, 15) is 19.5 Å². The van der Waals surface area contributed by atoms with E-state index < -0.39 is 17.4 Å². The SMILES string of the molecule is Cc1cn(CC(=O)N2CC[C@H](CO)[C@@H](O)C2)c(=O)[nH]c1=O.O=CO. The van der Waals surface area contributed by atoms with Crippen LogP contribution in [0.25, 0.3) is 0 Å². The molecule has 1 aromatic heterocycles. The normalized spacial score (nSPS) is 20.0. The molecule has 4 N–H and O–H groups in total. The monoisotopic (exact) mass is 343 g/mol. The number of amides is 1. The van der Waals surface area contributed by atoms with E-state index in [4.69, 9.17) is 15.0 Å². The summed E-state index contributed by atoms with van der Waals surface area (Å²) >= 11 is 0. The third kappa shape index (κ3) is 5.03. The zero-order valence-corrected chi connectivity index (χ0v) is 13.2. The number of hydrogen-bond donors (Lipinski definition) is 4. The van der Waals surface area contributed by atoms with Crippen LogP contribution in [-0.4, -0.2) is 68.0 Å². The largest absolute Gasteiger partial charge is 0.483 e. The summed E-state index contributed by atoms with van der Waals surface area (Å²) in [7, 11) is 0. The van der Waals surface area contributed by atoms with Crippen LogP contribution < -0.4 is 11.2 Å². The minimum atomic E-state index is -0.762. The molecule has 1 amide bonds. The summed E-state index contributed by atoms with van der Waals surface area (Å²) in [6.07, 6.45) is 1.10. The fourth-order valence-electron chi connectivity index (χ4n) is 2.40. The molecule has 0 radical (unpaired) electrons. The van der Waals surface area contributed by atoms with Gasteiger partial charge in [-0.25, -0.2) is 4.79 Å². The Kier molecular flexibility index (Phi) is 7.33. The Morgan fingerprint density at radius 1 is 1.46 bits per heavy atom. The molecule has 1 saturated heterocycles. The van der Waals surface area contributed by atoms with Crippen molar-refractivity contribution in [2.75, 3.05) is 19.7 Å². The smallest absolute Gasteiger partial charge is 0.328 e. The van der Waals surface area contributed by atoms with E-state index in [1.165, 1.54) is 11.1 Å². The number of carboxylic acid groups (broad SMARTS) is 1. The first-order valence-corrected chi connectivity index (χ1v) is 7.29. The number of aliphatic hydroxyl groups excluding tert-OH is 2. The van der Waals surface area contributed by atoms with E-state index in [2.05, 4.69) is 4.98 Å². The zero-order chi connectivity index (χ0) is 18.3. The summed E-state index contributed by atoms with van der Waals surface area (Å²) < 4.78 is 1.14. The van der Waals surface area contributed by atoms with Crippen molar-refractivity contribution in [1.82, 2.24) is 14.5 Å². The number of β-amino-alcohol motifs (C(OH)–C–C–N with tert-alkyl or cyclic N) is 1. The summed E-state index contributed by atoms with van der Waals surface area (Å²) in [4.78, 5) is 47.0. The van der Waals surface area contributed by atoms with E-state index in [1.54, 1.807) is 6.92 Å². The summed E-state index contributed by atoms with van der Waals surface area (Å²) in [6, 6.07) is 0. The Bertz CT molecular complexity index is 682. The van der Waals surface area contributed by atoms with Gasteiger partial charge < -0.3 is 20.2 Å². The fourth-order valence-corrected chi connectivity index (χ4v) is 2.40. The molecule has 2 atom stereocenters. The Balaban J connectivity index is 0.000000891. The summed E-state index contributed by atoms with van der Waals surface area (Å²) in [5, 5.41) is 25.8. The molecular formula is C14H21N3O7. The fraction of sp³-hybridized carbons (Fsp3) is 0.571. The van der Waals surface area contributed by atoms with Crippen molar-refractivity contribution in [2.24, 2.45) is 5.92 Å². The quantitative estimate of drug-likeness (QED) is 0.452. The second-order valence-electron chi connectivity index (χ2n) is 5.44. The number of aryl methyl sites for hydroxylation is 1. The highest BCUT2D eigenvalue weighted by Crippen LogP contribution is 2.17. The number of nitrogens with zero attached hydrogens (tertiary/aromatic N) is 2. The predicted octanol–water partition coefficient (Wildman–Crippen LogP) is -2.25. The zero-order valence-electron chi connectivity index (χ0n) is 13.2. The molecule has 10 heteroatoms. The van der Waals surface area contributed by atoms with Crippen molar-refractivity contribution in [2.45, 2.75) is 26.0 Å². The first-order chi connectivity index (χ1) is 11.3. The van der Waals surface area contributed by atoms with E-state index in [1.807, 2.05) is 0 Å². The number of H-pyrrole nitrogens is 1. The number of carbonyl (C=O) groups is 2. The van der Waals surface area contributed by atoms with Gasteiger partial charge >= 0.3 is 5.69 Å². The van der Waals surface area contributed by atoms with Crippen LogP contribution in [0.2, 0.25) is 0 Å². The molecule has 1 aliphatic rings.